The Morgan fingerprint density at radius 1 is 0.436 bits per heavy atom. The first-order chi connectivity index (χ1) is 18.3. The Kier molecular flexibility index (Phi) is 19.7. The van der Waals surface area contributed by atoms with Crippen LogP contribution in [0.2, 0.25) is 27.7 Å². The molecule has 0 N–H and O–H groups in total. The van der Waals surface area contributed by atoms with E-state index in [-0.39, 0.29) is 11.1 Å². The van der Waals surface area contributed by atoms with Crippen molar-refractivity contribution in [1.82, 2.24) is 4.57 Å². The Hall–Kier alpha value is 0.371. The minimum atomic E-state index is -2.78. The third kappa shape index (κ3) is 10.2. The number of nitrogens with zero attached hydrogens (tertiary/aromatic N) is 1. The fraction of sp³-hybridized carbons (Fsp3) is 1.00. The minimum Gasteiger partial charge on any atom is -0.374 e. The first-order valence-electron chi connectivity index (χ1n) is 15.9. The standard InChI is InChI=1S/C29H67NO6Si3/c1-15-31-38(32-16-2,33-17-3)28(13)21-23-30(37(25(7)8,26(9)10)27(11)12)24-22-29(14)39(34-18-4,35-19-5)36-20-6/h25-29H,15-24H2,1-14H3. The Bertz CT molecular complexity index is 534. The normalized spacial score (nSPS) is 15.2. The third-order valence-electron chi connectivity index (χ3n) is 8.27. The van der Waals surface area contributed by atoms with E-state index in [1.807, 2.05) is 41.5 Å². The summed E-state index contributed by atoms with van der Waals surface area (Å²) in [5.74, 6) is 0. The minimum absolute atomic E-state index is 0.221. The van der Waals surface area contributed by atoms with Gasteiger partial charge in [-0.2, -0.15) is 0 Å². The maximum absolute atomic E-state index is 6.30. The van der Waals surface area contributed by atoms with Crippen molar-refractivity contribution in [2.24, 2.45) is 0 Å². The molecule has 0 aromatic carbocycles. The van der Waals surface area contributed by atoms with Gasteiger partial charge in [0, 0.05) is 50.7 Å². The highest BCUT2D eigenvalue weighted by Crippen LogP contribution is 2.45. The molecule has 0 aliphatic carbocycles. The van der Waals surface area contributed by atoms with Crippen LogP contribution in [0.25, 0.3) is 0 Å². The molecule has 0 saturated heterocycles. The molecule has 0 aliphatic heterocycles. The first kappa shape index (κ1) is 39.4. The van der Waals surface area contributed by atoms with Gasteiger partial charge >= 0.3 is 17.6 Å². The average molecular weight is 610 g/mol. The topological polar surface area (TPSA) is 58.6 Å². The van der Waals surface area contributed by atoms with Crippen molar-refractivity contribution in [3.63, 3.8) is 0 Å². The van der Waals surface area contributed by atoms with Gasteiger partial charge in [0.05, 0.1) is 0 Å². The summed E-state index contributed by atoms with van der Waals surface area (Å²) in [7, 11) is -7.46. The lowest BCUT2D eigenvalue weighted by molar-refractivity contribution is 0.0601. The van der Waals surface area contributed by atoms with Gasteiger partial charge in [0.25, 0.3) is 0 Å². The summed E-state index contributed by atoms with van der Waals surface area (Å²) in [5.41, 5.74) is 2.33. The van der Waals surface area contributed by atoms with Gasteiger partial charge in [-0.1, -0.05) is 55.4 Å². The lowest BCUT2D eigenvalue weighted by Gasteiger charge is -2.52. The highest BCUT2D eigenvalue weighted by Gasteiger charge is 2.52. The van der Waals surface area contributed by atoms with Crippen molar-refractivity contribution >= 4 is 25.8 Å². The molecule has 0 saturated carbocycles. The molecule has 0 aliphatic rings. The van der Waals surface area contributed by atoms with Crippen LogP contribution in [-0.2, 0) is 26.6 Å². The highest BCUT2D eigenvalue weighted by molar-refractivity contribution is 6.81. The van der Waals surface area contributed by atoms with Crippen LogP contribution in [0.15, 0.2) is 0 Å². The summed E-state index contributed by atoms with van der Waals surface area (Å²) in [5, 5.41) is 0. The van der Waals surface area contributed by atoms with Gasteiger partial charge in [0.1, 0.15) is 8.24 Å². The maximum Gasteiger partial charge on any atom is 0.503 e. The fourth-order valence-corrected chi connectivity index (χ4v) is 19.8. The summed E-state index contributed by atoms with van der Waals surface area (Å²) in [6.45, 7) is 37.2. The van der Waals surface area contributed by atoms with E-state index in [1.54, 1.807) is 0 Å². The maximum atomic E-state index is 6.30. The molecule has 0 bridgehead atoms. The number of hydrogen-bond acceptors (Lipinski definition) is 7. The Labute approximate surface area is 246 Å². The van der Waals surface area contributed by atoms with Gasteiger partial charge in [-0.3, -0.25) is 0 Å². The van der Waals surface area contributed by atoms with E-state index in [1.165, 1.54) is 0 Å². The molecular weight excluding hydrogens is 543 g/mol. The van der Waals surface area contributed by atoms with Crippen LogP contribution in [0.4, 0.5) is 0 Å². The molecule has 0 radical (unpaired) electrons. The monoisotopic (exact) mass is 609 g/mol. The molecular formula is C29H67NO6Si3. The smallest absolute Gasteiger partial charge is 0.374 e. The van der Waals surface area contributed by atoms with Gasteiger partial charge in [0.15, 0.2) is 0 Å². The van der Waals surface area contributed by atoms with Crippen molar-refractivity contribution < 1.29 is 26.6 Å². The van der Waals surface area contributed by atoms with Crippen LogP contribution in [-0.4, -0.2) is 83.1 Å². The van der Waals surface area contributed by atoms with Gasteiger partial charge in [-0.25, -0.2) is 0 Å². The lowest BCUT2D eigenvalue weighted by Crippen LogP contribution is -2.61. The average Bonchev–Trinajstić information content (AvgIpc) is 2.85. The van der Waals surface area contributed by atoms with Crippen molar-refractivity contribution in [2.75, 3.05) is 52.7 Å². The zero-order chi connectivity index (χ0) is 30.3. The summed E-state index contributed by atoms with van der Waals surface area (Å²) >= 11 is 0. The Morgan fingerprint density at radius 2 is 0.667 bits per heavy atom. The molecule has 0 amide bonds. The lowest BCUT2D eigenvalue weighted by atomic mass is 10.3. The molecule has 0 heterocycles. The largest absolute Gasteiger partial charge is 0.503 e. The second-order valence-corrected chi connectivity index (χ2v) is 23.5. The van der Waals surface area contributed by atoms with E-state index in [4.69, 9.17) is 26.6 Å². The van der Waals surface area contributed by atoms with E-state index >= 15 is 0 Å². The van der Waals surface area contributed by atoms with Gasteiger partial charge in [0.2, 0.25) is 0 Å². The zero-order valence-electron chi connectivity index (χ0n) is 28.4. The van der Waals surface area contributed by atoms with Crippen molar-refractivity contribution in [1.29, 1.82) is 0 Å². The molecule has 2 atom stereocenters. The molecule has 0 aromatic rings. The van der Waals surface area contributed by atoms with E-state index < -0.39 is 25.8 Å². The van der Waals surface area contributed by atoms with Crippen LogP contribution in [0, 0.1) is 0 Å². The molecule has 236 valence electrons. The fourth-order valence-electron chi connectivity index (χ4n) is 6.96. The molecule has 7 nitrogen and oxygen atoms in total. The van der Waals surface area contributed by atoms with Crippen LogP contribution in [0.5, 0.6) is 0 Å². The summed E-state index contributed by atoms with van der Waals surface area (Å²) < 4.78 is 40.7. The van der Waals surface area contributed by atoms with Crippen LogP contribution in [0.3, 0.4) is 0 Å². The predicted molar refractivity (Wildman–Crippen MR) is 172 cm³/mol. The predicted octanol–water partition coefficient (Wildman–Crippen LogP) is 8.12. The molecule has 2 unspecified atom stereocenters. The Balaban J connectivity index is 6.35. The first-order valence-corrected chi connectivity index (χ1v) is 21.7. The molecule has 0 rings (SSSR count). The second-order valence-electron chi connectivity index (χ2n) is 11.5. The summed E-state index contributed by atoms with van der Waals surface area (Å²) in [6, 6.07) is 0. The Morgan fingerprint density at radius 3 is 0.846 bits per heavy atom. The van der Waals surface area contributed by atoms with Crippen molar-refractivity contribution in [3.8, 4) is 0 Å². The molecule has 0 fully saturated rings. The SMILES string of the molecule is CCO[Si](OCC)(OCC)C(C)CCN(CCC(C)[Si](OCC)(OCC)OCC)[Si](C(C)C)(C(C)C)C(C)C. The van der Waals surface area contributed by atoms with Gasteiger partial charge in [-0.05, 0) is 84.1 Å². The summed E-state index contributed by atoms with van der Waals surface area (Å²) in [4.78, 5) is 0. The quantitative estimate of drug-likeness (QED) is 0.102. The second kappa shape index (κ2) is 19.5. The van der Waals surface area contributed by atoms with E-state index in [2.05, 4.69) is 60.0 Å². The van der Waals surface area contributed by atoms with Crippen molar-refractivity contribution in [3.05, 3.63) is 0 Å². The van der Waals surface area contributed by atoms with Crippen molar-refractivity contribution in [2.45, 2.75) is 137 Å². The van der Waals surface area contributed by atoms with Gasteiger partial charge in [-0.15, -0.1) is 0 Å². The number of rotatable bonds is 24. The molecule has 39 heavy (non-hydrogen) atoms. The van der Waals surface area contributed by atoms with E-state index in [0.717, 1.165) is 25.9 Å². The van der Waals surface area contributed by atoms with Crippen LogP contribution in [0.1, 0.15) is 110 Å². The highest BCUT2D eigenvalue weighted by atomic mass is 28.4. The third-order valence-corrected chi connectivity index (χ3v) is 22.5. The molecule has 0 spiro atoms. The zero-order valence-corrected chi connectivity index (χ0v) is 31.4. The van der Waals surface area contributed by atoms with E-state index in [0.29, 0.717) is 56.3 Å². The van der Waals surface area contributed by atoms with E-state index in [9.17, 15) is 0 Å². The summed E-state index contributed by atoms with van der Waals surface area (Å²) in [6.07, 6.45) is 1.99. The number of hydrogen-bond donors (Lipinski definition) is 0. The van der Waals surface area contributed by atoms with Crippen LogP contribution >= 0.6 is 0 Å². The molecule has 10 heteroatoms. The van der Waals surface area contributed by atoms with Crippen LogP contribution < -0.4 is 0 Å². The van der Waals surface area contributed by atoms with Gasteiger partial charge < -0.3 is 31.1 Å². The molecule has 0 aromatic heterocycles.